The van der Waals surface area contributed by atoms with Crippen LogP contribution in [-0.2, 0) is 0 Å². The van der Waals surface area contributed by atoms with Crippen molar-refractivity contribution in [1.29, 1.82) is 0 Å². The van der Waals surface area contributed by atoms with Crippen molar-refractivity contribution in [2.24, 2.45) is 10.9 Å². The minimum atomic E-state index is 0.598. The lowest BCUT2D eigenvalue weighted by Crippen LogP contribution is -2.31. The highest BCUT2D eigenvalue weighted by molar-refractivity contribution is 8.14. The summed E-state index contributed by atoms with van der Waals surface area (Å²) in [6.07, 6.45) is 0. The number of aliphatic imine (C=N–C) groups is 1. The summed E-state index contributed by atoms with van der Waals surface area (Å²) in [6.45, 7) is 11.0. The molecule has 1 aliphatic rings. The number of hydrogen-bond donors (Lipinski definition) is 0. The summed E-state index contributed by atoms with van der Waals surface area (Å²) in [4.78, 5) is 7.03. The lowest BCUT2D eigenvalue weighted by molar-refractivity contribution is 0.382. The smallest absolute Gasteiger partial charge is 0.159 e. The van der Waals surface area contributed by atoms with Gasteiger partial charge in [0.1, 0.15) is 0 Å². The van der Waals surface area contributed by atoms with Crippen LogP contribution < -0.4 is 0 Å². The van der Waals surface area contributed by atoms with Crippen LogP contribution in [0.1, 0.15) is 27.7 Å². The van der Waals surface area contributed by atoms with Crippen molar-refractivity contribution >= 4 is 16.9 Å². The molecule has 0 aromatic heterocycles. The first kappa shape index (κ1) is 10.9. The Kier molecular flexibility index (Phi) is 4.10. The molecular weight excluding hydrogens is 180 g/mol. The van der Waals surface area contributed by atoms with Crippen molar-refractivity contribution in [2.75, 3.05) is 18.8 Å². The number of nitrogens with zero attached hydrogens (tertiary/aromatic N) is 2. The zero-order chi connectivity index (χ0) is 9.84. The van der Waals surface area contributed by atoms with Gasteiger partial charge in [0.25, 0.3) is 0 Å². The van der Waals surface area contributed by atoms with Crippen LogP contribution in [0.15, 0.2) is 4.99 Å². The van der Waals surface area contributed by atoms with Gasteiger partial charge in [-0.05, 0) is 19.8 Å². The molecular formula is C10H20N2S. The Hall–Kier alpha value is -0.180. The summed E-state index contributed by atoms with van der Waals surface area (Å²) in [5.74, 6) is 1.87. The third kappa shape index (κ3) is 3.22. The van der Waals surface area contributed by atoms with E-state index in [1.165, 1.54) is 17.5 Å². The Morgan fingerprint density at radius 3 is 2.62 bits per heavy atom. The van der Waals surface area contributed by atoms with Crippen molar-refractivity contribution < 1.29 is 0 Å². The molecule has 0 atom stereocenters. The summed E-state index contributed by atoms with van der Waals surface area (Å²) in [6, 6.07) is 0.598. The monoisotopic (exact) mass is 200 g/mol. The van der Waals surface area contributed by atoms with Crippen molar-refractivity contribution in [3.05, 3.63) is 0 Å². The van der Waals surface area contributed by atoms with E-state index in [1.54, 1.807) is 0 Å². The number of thioether (sulfide) groups is 1. The second kappa shape index (κ2) is 4.89. The molecule has 0 aromatic rings. The second-order valence-electron chi connectivity index (χ2n) is 4.15. The van der Waals surface area contributed by atoms with Gasteiger partial charge in [-0.3, -0.25) is 4.99 Å². The van der Waals surface area contributed by atoms with Crippen LogP contribution in [0, 0.1) is 5.92 Å². The van der Waals surface area contributed by atoms with E-state index in [4.69, 9.17) is 0 Å². The van der Waals surface area contributed by atoms with E-state index in [9.17, 15) is 0 Å². The fraction of sp³-hybridized carbons (Fsp3) is 0.900. The van der Waals surface area contributed by atoms with Crippen LogP contribution in [-0.4, -0.2) is 35.0 Å². The lowest BCUT2D eigenvalue weighted by Gasteiger charge is -2.22. The Balaban J connectivity index is 2.52. The van der Waals surface area contributed by atoms with E-state index in [1.807, 2.05) is 11.8 Å². The van der Waals surface area contributed by atoms with Crippen molar-refractivity contribution in [3.63, 3.8) is 0 Å². The molecule has 0 radical (unpaired) electrons. The summed E-state index contributed by atoms with van der Waals surface area (Å²) in [5, 5.41) is 1.25. The molecule has 13 heavy (non-hydrogen) atoms. The summed E-state index contributed by atoms with van der Waals surface area (Å²) in [7, 11) is 0. The quantitative estimate of drug-likeness (QED) is 0.695. The first-order chi connectivity index (χ1) is 6.11. The molecule has 0 aromatic carbocycles. The van der Waals surface area contributed by atoms with Gasteiger partial charge in [0.2, 0.25) is 0 Å². The van der Waals surface area contributed by atoms with E-state index in [-0.39, 0.29) is 0 Å². The van der Waals surface area contributed by atoms with Crippen molar-refractivity contribution in [1.82, 2.24) is 4.90 Å². The highest BCUT2D eigenvalue weighted by Crippen LogP contribution is 2.20. The maximum Gasteiger partial charge on any atom is 0.159 e. The fourth-order valence-corrected chi connectivity index (χ4v) is 2.39. The molecule has 0 spiro atoms. The molecule has 1 saturated heterocycles. The molecule has 3 heteroatoms. The molecule has 1 heterocycles. The Morgan fingerprint density at radius 2 is 2.08 bits per heavy atom. The van der Waals surface area contributed by atoms with Gasteiger partial charge in [-0.1, -0.05) is 25.6 Å². The van der Waals surface area contributed by atoms with Gasteiger partial charge in [-0.15, -0.1) is 0 Å². The normalized spacial score (nSPS) is 21.1. The lowest BCUT2D eigenvalue weighted by atomic mass is 10.2. The minimum absolute atomic E-state index is 0.598. The Bertz CT molecular complexity index is 187. The molecule has 1 rings (SSSR count). The fourth-order valence-electron chi connectivity index (χ4n) is 1.29. The van der Waals surface area contributed by atoms with Gasteiger partial charge in [0.05, 0.1) is 0 Å². The third-order valence-corrected chi connectivity index (χ3v) is 3.03. The average molecular weight is 200 g/mol. The molecule has 1 fully saturated rings. The summed E-state index contributed by atoms with van der Waals surface area (Å²) in [5.41, 5.74) is 0. The van der Waals surface area contributed by atoms with Gasteiger partial charge in [-0.25, -0.2) is 0 Å². The summed E-state index contributed by atoms with van der Waals surface area (Å²) < 4.78 is 0. The molecule has 0 N–H and O–H groups in total. The molecule has 1 aliphatic heterocycles. The van der Waals surface area contributed by atoms with Gasteiger partial charge in [0, 0.05) is 24.9 Å². The van der Waals surface area contributed by atoms with E-state index < -0.39 is 0 Å². The molecule has 0 bridgehead atoms. The maximum atomic E-state index is 4.63. The second-order valence-corrected chi connectivity index (χ2v) is 5.21. The highest BCUT2D eigenvalue weighted by atomic mass is 32.2. The average Bonchev–Trinajstić information content (AvgIpc) is 2.47. The third-order valence-electron chi connectivity index (χ3n) is 2.02. The maximum absolute atomic E-state index is 4.63. The van der Waals surface area contributed by atoms with Crippen LogP contribution in [0.4, 0.5) is 0 Å². The zero-order valence-electron chi connectivity index (χ0n) is 9.08. The first-order valence-electron chi connectivity index (χ1n) is 5.05. The van der Waals surface area contributed by atoms with Crippen molar-refractivity contribution in [2.45, 2.75) is 33.7 Å². The summed E-state index contributed by atoms with van der Waals surface area (Å²) >= 11 is 1.90. The largest absolute Gasteiger partial charge is 0.348 e. The Morgan fingerprint density at radius 1 is 1.38 bits per heavy atom. The predicted octanol–water partition coefficient (Wildman–Crippen LogP) is 2.46. The van der Waals surface area contributed by atoms with Gasteiger partial charge >= 0.3 is 0 Å². The van der Waals surface area contributed by atoms with Crippen LogP contribution >= 0.6 is 11.8 Å². The van der Waals surface area contributed by atoms with Crippen molar-refractivity contribution in [3.8, 4) is 0 Å². The van der Waals surface area contributed by atoms with E-state index in [2.05, 4.69) is 37.6 Å². The number of hydrogen-bond acceptors (Lipinski definition) is 2. The number of rotatable bonds is 3. The molecule has 76 valence electrons. The SMILES string of the molecule is CC(C)C/N=C1\SCCN1C(C)C. The topological polar surface area (TPSA) is 15.6 Å². The molecule has 0 amide bonds. The van der Waals surface area contributed by atoms with Crippen LogP contribution in [0.3, 0.4) is 0 Å². The first-order valence-corrected chi connectivity index (χ1v) is 6.03. The zero-order valence-corrected chi connectivity index (χ0v) is 9.90. The van der Waals surface area contributed by atoms with Crippen LogP contribution in [0.5, 0.6) is 0 Å². The van der Waals surface area contributed by atoms with Gasteiger partial charge < -0.3 is 4.90 Å². The van der Waals surface area contributed by atoms with Gasteiger partial charge in [0.15, 0.2) is 5.17 Å². The predicted molar refractivity (Wildman–Crippen MR) is 61.4 cm³/mol. The van der Waals surface area contributed by atoms with E-state index >= 15 is 0 Å². The minimum Gasteiger partial charge on any atom is -0.348 e. The molecule has 0 aliphatic carbocycles. The van der Waals surface area contributed by atoms with Gasteiger partial charge in [-0.2, -0.15) is 0 Å². The van der Waals surface area contributed by atoms with E-state index in [0.29, 0.717) is 12.0 Å². The standard InChI is InChI=1S/C10H20N2S/c1-8(2)7-11-10-12(9(3)4)5-6-13-10/h8-9H,5-7H2,1-4H3/b11-10-. The molecule has 0 unspecified atom stereocenters. The molecule has 0 saturated carbocycles. The van der Waals surface area contributed by atoms with Crippen LogP contribution in [0.2, 0.25) is 0 Å². The van der Waals surface area contributed by atoms with E-state index in [0.717, 1.165) is 6.54 Å². The molecule has 2 nitrogen and oxygen atoms in total. The number of amidine groups is 1. The highest BCUT2D eigenvalue weighted by Gasteiger charge is 2.21. The Labute approximate surface area is 85.8 Å². The van der Waals surface area contributed by atoms with Crippen LogP contribution in [0.25, 0.3) is 0 Å².